The molecule has 0 atom stereocenters. The standard InChI is InChI=1S/C51H44Cl2N14O11S3.2O3S/c1-28-4-10-32(11-5-28)62-64-38-18-8-30-24-36(80(73,74)75)26-40(42(30)44(38)69)54-48-56-46(52)58-50(60-48)67(34-14-16-35(17-15-34)79(71,72)23-21-66(3)20-22-68)51-59-47(53)57-49(61-51)55-41-27-37(81(76,77)78)25-31-9-19-39(45(70)43(31)41)65-63-33-12-6-29(2)7-13-33;2*1-4(2)3/h4-19,24-27,68-70H,20-23H2,1-3H3,(H,73,74,75)(H,76,77,78)(H,54,56,58,60)(H,55,57,59,61);;. The Morgan fingerprint density at radius 2 is 0.910 bits per heavy atom. The Hall–Kier alpha value is -9.21. The highest BCUT2D eigenvalue weighted by atomic mass is 35.5. The van der Waals surface area contributed by atoms with Crippen LogP contribution in [0, 0.1) is 13.8 Å². The van der Waals surface area contributed by atoms with Crippen molar-refractivity contribution in [1.29, 1.82) is 0 Å². The van der Waals surface area contributed by atoms with Crippen molar-refractivity contribution >= 4 is 160 Å². The molecule has 2 aromatic heterocycles. The van der Waals surface area contributed by atoms with E-state index in [-0.39, 0.29) is 80.3 Å². The van der Waals surface area contributed by atoms with Crippen LogP contribution in [-0.4, -0.2) is 142 Å². The molecular formula is C51H44Cl2N14O17S5. The summed E-state index contributed by atoms with van der Waals surface area (Å²) in [5.41, 5.74) is 2.45. The van der Waals surface area contributed by atoms with Crippen molar-refractivity contribution in [3.05, 3.63) is 143 Å². The molecule has 0 saturated carbocycles. The lowest BCUT2D eigenvalue weighted by Gasteiger charge is -2.22. The van der Waals surface area contributed by atoms with Crippen molar-refractivity contribution in [3.8, 4) is 11.5 Å². The highest BCUT2D eigenvalue weighted by Crippen LogP contribution is 2.44. The molecule has 0 spiro atoms. The lowest BCUT2D eigenvalue weighted by molar-refractivity contribution is 0.227. The number of aliphatic hydroxyl groups is 1. The van der Waals surface area contributed by atoms with Crippen LogP contribution in [0.2, 0.25) is 10.6 Å². The van der Waals surface area contributed by atoms with Gasteiger partial charge in [-0.05, 0) is 140 Å². The average molecular weight is 1360 g/mol. The summed E-state index contributed by atoms with van der Waals surface area (Å²) in [5.74, 6) is -2.94. The molecule has 464 valence electrons. The molecule has 38 heteroatoms. The van der Waals surface area contributed by atoms with Crippen molar-refractivity contribution in [2.24, 2.45) is 20.5 Å². The number of anilines is 7. The number of nitrogens with zero attached hydrogens (tertiary/aromatic N) is 12. The molecule has 0 fully saturated rings. The number of phenols is 2. The Balaban J connectivity index is 0.00000133. The molecule has 89 heavy (non-hydrogen) atoms. The number of likely N-dealkylation sites (N-methyl/N-ethyl adjacent to an activating group) is 1. The number of phenolic OH excluding ortho intramolecular Hbond substituents is 2. The Morgan fingerprint density at radius 3 is 1.28 bits per heavy atom. The first-order valence-corrected chi connectivity index (χ1v) is 32.0. The summed E-state index contributed by atoms with van der Waals surface area (Å²) in [7, 11) is -18.3. The third-order valence-corrected chi connectivity index (χ3v) is 15.8. The van der Waals surface area contributed by atoms with E-state index in [1.807, 2.05) is 38.1 Å². The molecule has 0 saturated heterocycles. The van der Waals surface area contributed by atoms with Gasteiger partial charge in [-0.2, -0.15) is 57.0 Å². The van der Waals surface area contributed by atoms with Crippen LogP contribution >= 0.6 is 23.2 Å². The molecule has 9 rings (SSSR count). The van der Waals surface area contributed by atoms with E-state index in [0.29, 0.717) is 11.4 Å². The second-order valence-corrected chi connectivity index (χ2v) is 24.8. The van der Waals surface area contributed by atoms with E-state index in [1.54, 1.807) is 36.2 Å². The van der Waals surface area contributed by atoms with Crippen LogP contribution in [0.25, 0.3) is 21.5 Å². The number of rotatable bonds is 19. The summed E-state index contributed by atoms with van der Waals surface area (Å²) < 4.78 is 149. The summed E-state index contributed by atoms with van der Waals surface area (Å²) >= 11 is 13.2. The zero-order valence-corrected chi connectivity index (χ0v) is 51.3. The van der Waals surface area contributed by atoms with Gasteiger partial charge in [0.2, 0.25) is 34.4 Å². The zero-order valence-electron chi connectivity index (χ0n) is 45.7. The maximum atomic E-state index is 13.6. The zero-order chi connectivity index (χ0) is 65.1. The van der Waals surface area contributed by atoms with Gasteiger partial charge in [0.1, 0.15) is 11.4 Å². The van der Waals surface area contributed by atoms with Crippen LogP contribution in [0.15, 0.2) is 156 Å². The molecule has 0 bridgehead atoms. The summed E-state index contributed by atoms with van der Waals surface area (Å²) in [6.45, 7) is 3.93. The van der Waals surface area contributed by atoms with Crippen LogP contribution in [0.3, 0.4) is 0 Å². The van der Waals surface area contributed by atoms with E-state index >= 15 is 0 Å². The summed E-state index contributed by atoms with van der Waals surface area (Å²) in [4.78, 5) is 27.6. The van der Waals surface area contributed by atoms with Gasteiger partial charge >= 0.3 is 21.2 Å². The minimum Gasteiger partial charge on any atom is -0.505 e. The molecule has 7 N–H and O–H groups in total. The van der Waals surface area contributed by atoms with E-state index in [1.165, 1.54) is 48.5 Å². The van der Waals surface area contributed by atoms with Crippen molar-refractivity contribution in [2.75, 3.05) is 48.0 Å². The molecule has 9 aromatic rings. The van der Waals surface area contributed by atoms with Crippen molar-refractivity contribution in [3.63, 3.8) is 0 Å². The number of halogens is 2. The second kappa shape index (κ2) is 28.7. The van der Waals surface area contributed by atoms with Crippen LogP contribution < -0.4 is 15.5 Å². The smallest absolute Gasteiger partial charge is 0.425 e. The molecular weight excluding hydrogens is 1310 g/mol. The molecule has 0 unspecified atom stereocenters. The van der Waals surface area contributed by atoms with E-state index in [2.05, 4.69) is 61.0 Å². The number of aryl methyl sites for hydroxylation is 2. The molecule has 0 aliphatic heterocycles. The quantitative estimate of drug-likeness (QED) is 0.0294. The fraction of sp³-hybridized carbons (Fsp3) is 0.137. The number of aliphatic hydroxyl groups excluding tert-OH is 1. The Morgan fingerprint density at radius 1 is 0.517 bits per heavy atom. The highest BCUT2D eigenvalue weighted by Gasteiger charge is 2.27. The summed E-state index contributed by atoms with van der Waals surface area (Å²) in [6.07, 6.45) is 0. The van der Waals surface area contributed by atoms with Crippen molar-refractivity contribution in [2.45, 2.75) is 28.5 Å². The third-order valence-electron chi connectivity index (χ3n) is 12.1. The number of benzene rings is 7. The number of azo groups is 2. The van der Waals surface area contributed by atoms with Crippen molar-refractivity contribution < 1.29 is 74.9 Å². The van der Waals surface area contributed by atoms with Gasteiger partial charge in [0.15, 0.2) is 21.3 Å². The largest absolute Gasteiger partial charge is 0.505 e. The number of fused-ring (bicyclic) bond motifs is 2. The number of aromatic hydroxyl groups is 2. The van der Waals surface area contributed by atoms with Crippen LogP contribution in [0.5, 0.6) is 11.5 Å². The number of hydrogen-bond donors (Lipinski definition) is 7. The molecule has 0 aliphatic rings. The van der Waals surface area contributed by atoms with Gasteiger partial charge in [0.25, 0.3) is 20.2 Å². The minimum atomic E-state index is -4.89. The number of hydrogen-bond acceptors (Lipinski definition) is 29. The first-order chi connectivity index (χ1) is 41.9. The van der Waals surface area contributed by atoms with Gasteiger partial charge in [-0.1, -0.05) is 47.5 Å². The van der Waals surface area contributed by atoms with E-state index in [9.17, 15) is 49.7 Å². The second-order valence-electron chi connectivity index (χ2n) is 18.3. The Bertz CT molecular complexity index is 4570. The number of sulfone groups is 1. The molecule has 0 amide bonds. The molecule has 7 aromatic carbocycles. The molecule has 31 nitrogen and oxygen atoms in total. The molecule has 0 radical (unpaired) electrons. The predicted octanol–water partition coefficient (Wildman–Crippen LogP) is 8.67. The lowest BCUT2D eigenvalue weighted by Crippen LogP contribution is -2.28. The van der Waals surface area contributed by atoms with Crippen LogP contribution in [0.1, 0.15) is 11.1 Å². The molecule has 0 aliphatic carbocycles. The van der Waals surface area contributed by atoms with E-state index in [4.69, 9.17) is 48.5 Å². The first kappa shape index (κ1) is 67.3. The van der Waals surface area contributed by atoms with Gasteiger partial charge in [-0.3, -0.25) is 9.11 Å². The third kappa shape index (κ3) is 18.2. The number of nitrogens with one attached hydrogen (secondary N) is 2. The van der Waals surface area contributed by atoms with Gasteiger partial charge < -0.3 is 30.9 Å². The van der Waals surface area contributed by atoms with Crippen LogP contribution in [-0.2, 0) is 51.3 Å². The fourth-order valence-corrected chi connectivity index (χ4v) is 10.7. The Labute approximate surface area is 517 Å². The lowest BCUT2D eigenvalue weighted by atomic mass is 10.1. The maximum Gasteiger partial charge on any atom is 0.425 e. The SMILES string of the molecule is Cc1ccc(N=Nc2ccc3cc(S(=O)(=O)O)cc(Nc4nc(Cl)nc(N(c5ccc(S(=O)(=O)CCN(C)CCO)cc5)c5nc(Cl)nc(Nc6cc(S(=O)(=O)O)cc7ccc(N=Nc8ccc(C)cc8)c(O)c67)n5)n4)c3c2O)cc1.O=S(=O)=O.O=S(=O)=O. The maximum absolute atomic E-state index is 13.6. The van der Waals surface area contributed by atoms with E-state index < -0.39 is 107 Å². The first-order valence-electron chi connectivity index (χ1n) is 24.7. The Kier molecular flexibility index (Phi) is 21.7. The summed E-state index contributed by atoms with van der Waals surface area (Å²) in [6, 6.07) is 29.2. The minimum absolute atomic E-state index is 0.0323. The summed E-state index contributed by atoms with van der Waals surface area (Å²) in [5, 5.41) is 54.4. The van der Waals surface area contributed by atoms with Crippen molar-refractivity contribution in [1.82, 2.24) is 34.8 Å². The van der Waals surface area contributed by atoms with Gasteiger partial charge in [-0.15, -0.1) is 35.5 Å². The van der Waals surface area contributed by atoms with Gasteiger partial charge in [0.05, 0.1) is 55.5 Å². The number of aromatic nitrogens is 6. The topological polar surface area (TPSA) is 463 Å². The van der Waals surface area contributed by atoms with E-state index in [0.717, 1.165) is 40.3 Å². The van der Waals surface area contributed by atoms with Gasteiger partial charge in [0, 0.05) is 23.9 Å². The highest BCUT2D eigenvalue weighted by molar-refractivity contribution is 7.91. The average Bonchev–Trinajstić information content (AvgIpc) is 0.815. The predicted molar refractivity (Wildman–Crippen MR) is 322 cm³/mol. The molecule has 2 heterocycles. The van der Waals surface area contributed by atoms with Crippen LogP contribution in [0.4, 0.5) is 63.6 Å². The fourth-order valence-electron chi connectivity index (χ4n) is 7.95. The normalized spacial score (nSPS) is 11.7. The van der Waals surface area contributed by atoms with Gasteiger partial charge in [-0.25, -0.2) is 13.3 Å². The monoisotopic (exact) mass is 1350 g/mol.